The zero-order valence-corrected chi connectivity index (χ0v) is 10.8. The first-order valence-electron chi connectivity index (χ1n) is 5.66. The minimum atomic E-state index is -0.697. The predicted octanol–water partition coefficient (Wildman–Crippen LogP) is 1.16. The van der Waals surface area contributed by atoms with Crippen molar-refractivity contribution in [3.8, 4) is 0 Å². The lowest BCUT2D eigenvalue weighted by atomic mass is 10.1. The van der Waals surface area contributed by atoms with E-state index in [1.54, 1.807) is 7.11 Å². The number of methoxy groups -OCH3 is 1. The Labute approximate surface area is 101 Å². The number of ether oxygens (including phenoxy) is 1. The number of aliphatic carboxylic acids is 1. The van der Waals surface area contributed by atoms with Crippen LogP contribution in [0.5, 0.6) is 0 Å². The Bertz CT molecular complexity index is 225. The molecule has 0 bridgehead atoms. The number of rotatable bonds is 6. The molecule has 1 fully saturated rings. The van der Waals surface area contributed by atoms with Crippen LogP contribution in [-0.2, 0) is 9.53 Å². The molecule has 0 saturated carbocycles. The Morgan fingerprint density at radius 2 is 2.44 bits per heavy atom. The number of nitrogens with zero attached hydrogens (tertiary/aromatic N) is 1. The zero-order valence-electron chi connectivity index (χ0n) is 10.0. The fourth-order valence-electron chi connectivity index (χ4n) is 2.06. The van der Waals surface area contributed by atoms with E-state index >= 15 is 0 Å². The van der Waals surface area contributed by atoms with Gasteiger partial charge in [-0.25, -0.2) is 0 Å². The van der Waals surface area contributed by atoms with E-state index in [9.17, 15) is 4.79 Å². The minimum absolute atomic E-state index is 0.190. The molecule has 0 aliphatic carbocycles. The molecule has 1 aliphatic rings. The van der Waals surface area contributed by atoms with Crippen LogP contribution in [0, 0.1) is 5.92 Å². The quantitative estimate of drug-likeness (QED) is 0.763. The highest BCUT2D eigenvalue weighted by Crippen LogP contribution is 2.20. The topological polar surface area (TPSA) is 49.8 Å². The molecule has 1 aliphatic heterocycles. The molecular formula is C11H21NO3S. The minimum Gasteiger partial charge on any atom is -0.481 e. The fraction of sp³-hybridized carbons (Fsp3) is 0.909. The number of hydrogen-bond donors (Lipinski definition) is 1. The van der Waals surface area contributed by atoms with Crippen molar-refractivity contribution in [3.63, 3.8) is 0 Å². The number of carboxylic acids is 1. The SMILES string of the molecule is COCC(C)CN1CCSCC1CC(=O)O. The van der Waals surface area contributed by atoms with Crippen LogP contribution < -0.4 is 0 Å². The van der Waals surface area contributed by atoms with E-state index in [4.69, 9.17) is 9.84 Å². The monoisotopic (exact) mass is 247 g/mol. The number of thioether (sulfide) groups is 1. The van der Waals surface area contributed by atoms with E-state index in [2.05, 4.69) is 11.8 Å². The van der Waals surface area contributed by atoms with Crippen LogP contribution in [0.4, 0.5) is 0 Å². The maximum absolute atomic E-state index is 10.8. The van der Waals surface area contributed by atoms with Crippen molar-refractivity contribution in [1.82, 2.24) is 4.90 Å². The summed E-state index contributed by atoms with van der Waals surface area (Å²) in [5.41, 5.74) is 0. The van der Waals surface area contributed by atoms with E-state index in [0.717, 1.165) is 31.2 Å². The molecule has 2 unspecified atom stereocenters. The molecule has 1 heterocycles. The van der Waals surface area contributed by atoms with Crippen LogP contribution >= 0.6 is 11.8 Å². The van der Waals surface area contributed by atoms with Crippen molar-refractivity contribution in [2.24, 2.45) is 5.92 Å². The second kappa shape index (κ2) is 7.14. The molecule has 94 valence electrons. The maximum atomic E-state index is 10.8. The van der Waals surface area contributed by atoms with Gasteiger partial charge in [-0.05, 0) is 5.92 Å². The summed E-state index contributed by atoms with van der Waals surface area (Å²) in [7, 11) is 1.71. The van der Waals surface area contributed by atoms with E-state index in [-0.39, 0.29) is 12.5 Å². The molecule has 16 heavy (non-hydrogen) atoms. The lowest BCUT2D eigenvalue weighted by molar-refractivity contribution is -0.138. The average molecular weight is 247 g/mol. The predicted molar refractivity (Wildman–Crippen MR) is 66.0 cm³/mol. The molecule has 1 rings (SSSR count). The van der Waals surface area contributed by atoms with Crippen LogP contribution in [0.2, 0.25) is 0 Å². The molecule has 0 radical (unpaired) electrons. The molecule has 0 amide bonds. The van der Waals surface area contributed by atoms with Crippen LogP contribution in [-0.4, -0.2) is 60.3 Å². The molecule has 1 N–H and O–H groups in total. The van der Waals surface area contributed by atoms with E-state index in [1.165, 1.54) is 0 Å². The largest absolute Gasteiger partial charge is 0.481 e. The standard InChI is InChI=1S/C11H21NO3S/c1-9(7-15-2)6-12-3-4-16-8-10(12)5-11(13)14/h9-10H,3-8H2,1-2H3,(H,13,14). The van der Waals surface area contributed by atoms with Gasteiger partial charge in [0.2, 0.25) is 0 Å². The third kappa shape index (κ3) is 4.72. The Morgan fingerprint density at radius 1 is 1.69 bits per heavy atom. The Morgan fingerprint density at radius 3 is 3.06 bits per heavy atom. The number of carbonyl (C=O) groups is 1. The van der Waals surface area contributed by atoms with Crippen molar-refractivity contribution >= 4 is 17.7 Å². The van der Waals surface area contributed by atoms with Crippen molar-refractivity contribution in [2.75, 3.05) is 38.3 Å². The van der Waals surface area contributed by atoms with Gasteiger partial charge in [0.25, 0.3) is 0 Å². The molecule has 0 aromatic heterocycles. The van der Waals surface area contributed by atoms with Crippen LogP contribution in [0.25, 0.3) is 0 Å². The highest BCUT2D eigenvalue weighted by atomic mass is 32.2. The lowest BCUT2D eigenvalue weighted by Crippen LogP contribution is -2.45. The second-order valence-electron chi connectivity index (χ2n) is 4.38. The zero-order chi connectivity index (χ0) is 12.0. The highest BCUT2D eigenvalue weighted by Gasteiger charge is 2.25. The van der Waals surface area contributed by atoms with Gasteiger partial charge < -0.3 is 9.84 Å². The van der Waals surface area contributed by atoms with Crippen LogP contribution in [0.1, 0.15) is 13.3 Å². The van der Waals surface area contributed by atoms with Gasteiger partial charge in [0.15, 0.2) is 0 Å². The summed E-state index contributed by atoms with van der Waals surface area (Å²) < 4.78 is 5.11. The summed E-state index contributed by atoms with van der Waals surface area (Å²) in [4.78, 5) is 13.1. The van der Waals surface area contributed by atoms with E-state index in [0.29, 0.717) is 5.92 Å². The van der Waals surface area contributed by atoms with Crippen molar-refractivity contribution in [2.45, 2.75) is 19.4 Å². The van der Waals surface area contributed by atoms with E-state index in [1.807, 2.05) is 11.8 Å². The number of carboxylic acid groups (broad SMARTS) is 1. The Balaban J connectivity index is 2.43. The summed E-state index contributed by atoms with van der Waals surface area (Å²) in [6.45, 7) is 4.82. The van der Waals surface area contributed by atoms with Gasteiger partial charge in [0.05, 0.1) is 6.42 Å². The summed E-state index contributed by atoms with van der Waals surface area (Å²) in [5, 5.41) is 8.86. The molecule has 5 heteroatoms. The smallest absolute Gasteiger partial charge is 0.304 e. The van der Waals surface area contributed by atoms with Gasteiger partial charge in [-0.3, -0.25) is 9.69 Å². The lowest BCUT2D eigenvalue weighted by Gasteiger charge is -2.36. The highest BCUT2D eigenvalue weighted by molar-refractivity contribution is 7.99. The van der Waals surface area contributed by atoms with Gasteiger partial charge in [-0.1, -0.05) is 6.92 Å². The van der Waals surface area contributed by atoms with Crippen molar-refractivity contribution in [1.29, 1.82) is 0 Å². The van der Waals surface area contributed by atoms with Gasteiger partial charge >= 0.3 is 5.97 Å². The first-order chi connectivity index (χ1) is 7.63. The normalized spacial score (nSPS) is 24.2. The summed E-state index contributed by atoms with van der Waals surface area (Å²) in [5.74, 6) is 1.81. The second-order valence-corrected chi connectivity index (χ2v) is 5.53. The third-order valence-corrected chi connectivity index (χ3v) is 3.85. The number of hydrogen-bond acceptors (Lipinski definition) is 4. The molecule has 0 spiro atoms. The summed E-state index contributed by atoms with van der Waals surface area (Å²) in [6.07, 6.45) is 0.257. The van der Waals surface area contributed by atoms with Crippen molar-refractivity contribution < 1.29 is 14.6 Å². The average Bonchev–Trinajstić information content (AvgIpc) is 2.20. The third-order valence-electron chi connectivity index (χ3n) is 2.76. The molecule has 1 saturated heterocycles. The first kappa shape index (κ1) is 13.8. The fourth-order valence-corrected chi connectivity index (χ4v) is 3.19. The molecular weight excluding hydrogens is 226 g/mol. The molecule has 4 nitrogen and oxygen atoms in total. The Hall–Kier alpha value is -0.260. The van der Waals surface area contributed by atoms with Gasteiger partial charge in [0.1, 0.15) is 0 Å². The first-order valence-corrected chi connectivity index (χ1v) is 6.81. The molecule has 2 atom stereocenters. The summed E-state index contributed by atoms with van der Waals surface area (Å²) in [6, 6.07) is 0.190. The van der Waals surface area contributed by atoms with Crippen molar-refractivity contribution in [3.05, 3.63) is 0 Å². The van der Waals surface area contributed by atoms with Crippen LogP contribution in [0.15, 0.2) is 0 Å². The molecule has 0 aromatic carbocycles. The Kier molecular flexibility index (Phi) is 6.16. The maximum Gasteiger partial charge on any atom is 0.304 e. The van der Waals surface area contributed by atoms with E-state index < -0.39 is 5.97 Å². The van der Waals surface area contributed by atoms with Crippen LogP contribution in [0.3, 0.4) is 0 Å². The molecule has 0 aromatic rings. The van der Waals surface area contributed by atoms with Gasteiger partial charge in [-0.15, -0.1) is 0 Å². The summed E-state index contributed by atoms with van der Waals surface area (Å²) >= 11 is 1.85. The van der Waals surface area contributed by atoms with Gasteiger partial charge in [0, 0.05) is 44.4 Å². The van der Waals surface area contributed by atoms with Gasteiger partial charge in [-0.2, -0.15) is 11.8 Å².